The van der Waals surface area contributed by atoms with E-state index in [9.17, 15) is 4.79 Å². The van der Waals surface area contributed by atoms with Gasteiger partial charge in [-0.15, -0.1) is 0 Å². The van der Waals surface area contributed by atoms with Gasteiger partial charge in [0.25, 0.3) is 0 Å². The molecule has 0 radical (unpaired) electrons. The van der Waals surface area contributed by atoms with Crippen molar-refractivity contribution in [2.24, 2.45) is 0 Å². The van der Waals surface area contributed by atoms with Crippen LogP contribution < -0.4 is 16.0 Å². The van der Waals surface area contributed by atoms with Gasteiger partial charge in [0, 0.05) is 11.7 Å². The molecule has 1 unspecified atom stereocenters. The molecule has 0 aliphatic carbocycles. The number of urea groups is 1. The second kappa shape index (κ2) is 7.44. The number of hydrogen-bond acceptors (Lipinski definition) is 4. The molecule has 0 aliphatic heterocycles. The highest BCUT2D eigenvalue weighted by molar-refractivity contribution is 5.99. The highest BCUT2D eigenvalue weighted by Gasteiger charge is 2.07. The van der Waals surface area contributed by atoms with Gasteiger partial charge in [0.2, 0.25) is 0 Å². The fourth-order valence-corrected chi connectivity index (χ4v) is 1.92. The summed E-state index contributed by atoms with van der Waals surface area (Å²) in [5.74, 6) is 0. The second-order valence-corrected chi connectivity index (χ2v) is 4.79. The largest absolute Gasteiger partial charge is 0.363 e. The van der Waals surface area contributed by atoms with Gasteiger partial charge in [0.1, 0.15) is 12.0 Å². The highest BCUT2D eigenvalue weighted by atomic mass is 16.5. The SMILES string of the molecule is CCCNC(C)c1cccc(NC(=O)Nc2cnoc2)c1. The number of hydrogen-bond donors (Lipinski definition) is 3. The molecule has 1 aromatic carbocycles. The Balaban J connectivity index is 1.95. The summed E-state index contributed by atoms with van der Waals surface area (Å²) < 4.78 is 4.65. The molecule has 0 spiro atoms. The van der Waals surface area contributed by atoms with E-state index in [1.807, 2.05) is 24.3 Å². The number of nitrogens with zero attached hydrogens (tertiary/aromatic N) is 1. The van der Waals surface area contributed by atoms with E-state index in [4.69, 9.17) is 0 Å². The van der Waals surface area contributed by atoms with Crippen molar-refractivity contribution < 1.29 is 9.32 Å². The van der Waals surface area contributed by atoms with E-state index in [0.29, 0.717) is 5.69 Å². The average Bonchev–Trinajstić information content (AvgIpc) is 2.97. The van der Waals surface area contributed by atoms with E-state index in [2.05, 4.69) is 39.5 Å². The van der Waals surface area contributed by atoms with Gasteiger partial charge >= 0.3 is 6.03 Å². The van der Waals surface area contributed by atoms with E-state index in [0.717, 1.165) is 24.2 Å². The van der Waals surface area contributed by atoms with Crippen LogP contribution in [0.5, 0.6) is 0 Å². The van der Waals surface area contributed by atoms with Crippen LogP contribution in [0.2, 0.25) is 0 Å². The number of carbonyl (C=O) groups excluding carboxylic acids is 1. The lowest BCUT2D eigenvalue weighted by atomic mass is 10.1. The molecule has 2 amide bonds. The molecule has 1 aromatic heterocycles. The van der Waals surface area contributed by atoms with Crippen LogP contribution in [0, 0.1) is 0 Å². The van der Waals surface area contributed by atoms with Crippen molar-refractivity contribution >= 4 is 17.4 Å². The average molecular weight is 288 g/mol. The third-order valence-electron chi connectivity index (χ3n) is 3.04. The molecule has 0 fully saturated rings. The summed E-state index contributed by atoms with van der Waals surface area (Å²) in [6, 6.07) is 7.69. The zero-order valence-electron chi connectivity index (χ0n) is 12.2. The second-order valence-electron chi connectivity index (χ2n) is 4.79. The van der Waals surface area contributed by atoms with Crippen LogP contribution >= 0.6 is 0 Å². The Kier molecular flexibility index (Phi) is 5.34. The molecule has 0 bridgehead atoms. The Morgan fingerprint density at radius 2 is 2.14 bits per heavy atom. The molecule has 2 rings (SSSR count). The summed E-state index contributed by atoms with van der Waals surface area (Å²) in [7, 11) is 0. The minimum atomic E-state index is -0.329. The molecule has 2 aromatic rings. The smallest absolute Gasteiger partial charge is 0.323 e. The quantitative estimate of drug-likeness (QED) is 0.761. The zero-order chi connectivity index (χ0) is 15.1. The van der Waals surface area contributed by atoms with E-state index in [-0.39, 0.29) is 12.1 Å². The molecule has 0 saturated heterocycles. The number of amides is 2. The Morgan fingerprint density at radius 1 is 1.33 bits per heavy atom. The fraction of sp³-hybridized carbons (Fsp3) is 0.333. The minimum absolute atomic E-state index is 0.243. The zero-order valence-corrected chi connectivity index (χ0v) is 12.2. The van der Waals surface area contributed by atoms with E-state index in [1.54, 1.807) is 0 Å². The lowest BCUT2D eigenvalue weighted by Gasteiger charge is -2.15. The Morgan fingerprint density at radius 3 is 2.86 bits per heavy atom. The predicted molar refractivity (Wildman–Crippen MR) is 82.3 cm³/mol. The lowest BCUT2D eigenvalue weighted by molar-refractivity contribution is 0.262. The fourth-order valence-electron chi connectivity index (χ4n) is 1.92. The Bertz CT molecular complexity index is 569. The van der Waals surface area contributed by atoms with Crippen LogP contribution in [-0.2, 0) is 0 Å². The maximum atomic E-state index is 11.8. The van der Waals surface area contributed by atoms with Gasteiger partial charge in [-0.3, -0.25) is 0 Å². The van der Waals surface area contributed by atoms with Gasteiger partial charge in [0.05, 0.1) is 6.20 Å². The van der Waals surface area contributed by atoms with Crippen LogP contribution in [0.1, 0.15) is 31.9 Å². The van der Waals surface area contributed by atoms with Gasteiger partial charge < -0.3 is 20.5 Å². The maximum Gasteiger partial charge on any atom is 0.323 e. The van der Waals surface area contributed by atoms with Crippen LogP contribution in [-0.4, -0.2) is 17.7 Å². The monoisotopic (exact) mass is 288 g/mol. The van der Waals surface area contributed by atoms with E-state index < -0.39 is 0 Å². The van der Waals surface area contributed by atoms with Crippen LogP contribution in [0.15, 0.2) is 41.2 Å². The van der Waals surface area contributed by atoms with Gasteiger partial charge in [-0.1, -0.05) is 24.2 Å². The van der Waals surface area contributed by atoms with Crippen molar-refractivity contribution in [2.45, 2.75) is 26.3 Å². The standard InChI is InChI=1S/C15H20N4O2/c1-3-7-16-11(2)12-5-4-6-13(8-12)18-15(20)19-14-9-17-21-10-14/h4-6,8-11,16H,3,7H2,1-2H3,(H2,18,19,20). The van der Waals surface area contributed by atoms with Gasteiger partial charge in [-0.2, -0.15) is 0 Å². The van der Waals surface area contributed by atoms with Gasteiger partial charge in [-0.05, 0) is 37.6 Å². The van der Waals surface area contributed by atoms with Crippen LogP contribution in [0.25, 0.3) is 0 Å². The number of benzene rings is 1. The normalized spacial score (nSPS) is 11.9. The van der Waals surface area contributed by atoms with Crippen molar-refractivity contribution in [3.05, 3.63) is 42.3 Å². The maximum absolute atomic E-state index is 11.8. The number of anilines is 2. The third kappa shape index (κ3) is 4.61. The topological polar surface area (TPSA) is 79.2 Å². The lowest BCUT2D eigenvalue weighted by Crippen LogP contribution is -2.21. The summed E-state index contributed by atoms with van der Waals surface area (Å²) in [5.41, 5.74) is 2.39. The van der Waals surface area contributed by atoms with Crippen LogP contribution in [0.3, 0.4) is 0 Å². The molecular formula is C15H20N4O2. The molecule has 0 aliphatic rings. The van der Waals surface area contributed by atoms with Gasteiger partial charge in [-0.25, -0.2) is 4.79 Å². The van der Waals surface area contributed by atoms with Crippen molar-refractivity contribution in [2.75, 3.05) is 17.2 Å². The minimum Gasteiger partial charge on any atom is -0.363 e. The van der Waals surface area contributed by atoms with E-state index in [1.165, 1.54) is 12.5 Å². The van der Waals surface area contributed by atoms with Crippen LogP contribution in [0.4, 0.5) is 16.2 Å². The Labute approximate surface area is 123 Å². The van der Waals surface area contributed by atoms with Crippen molar-refractivity contribution in [1.29, 1.82) is 0 Å². The number of rotatable bonds is 6. The molecule has 1 atom stereocenters. The van der Waals surface area contributed by atoms with Crippen molar-refractivity contribution in [1.82, 2.24) is 10.5 Å². The van der Waals surface area contributed by atoms with E-state index >= 15 is 0 Å². The Hall–Kier alpha value is -2.34. The molecule has 6 nitrogen and oxygen atoms in total. The molecule has 0 saturated carbocycles. The molecule has 1 heterocycles. The number of nitrogens with one attached hydrogen (secondary N) is 3. The molecule has 3 N–H and O–H groups in total. The number of carbonyl (C=O) groups is 1. The molecule has 6 heteroatoms. The predicted octanol–water partition coefficient (Wildman–Crippen LogP) is 3.38. The van der Waals surface area contributed by atoms with Crippen molar-refractivity contribution in [3.8, 4) is 0 Å². The van der Waals surface area contributed by atoms with Gasteiger partial charge in [0.15, 0.2) is 0 Å². The molecule has 112 valence electrons. The first-order valence-corrected chi connectivity index (χ1v) is 6.99. The first kappa shape index (κ1) is 15.1. The highest BCUT2D eigenvalue weighted by Crippen LogP contribution is 2.17. The summed E-state index contributed by atoms with van der Waals surface area (Å²) in [6.07, 6.45) is 3.89. The van der Waals surface area contributed by atoms with Crippen molar-refractivity contribution in [3.63, 3.8) is 0 Å². The summed E-state index contributed by atoms with van der Waals surface area (Å²) in [4.78, 5) is 11.8. The molecule has 21 heavy (non-hydrogen) atoms. The number of aromatic nitrogens is 1. The summed E-state index contributed by atoms with van der Waals surface area (Å²) in [5, 5.41) is 12.4. The third-order valence-corrected chi connectivity index (χ3v) is 3.04. The summed E-state index contributed by atoms with van der Waals surface area (Å²) >= 11 is 0. The first-order chi connectivity index (χ1) is 10.2. The molecular weight excluding hydrogens is 268 g/mol. The summed E-state index contributed by atoms with van der Waals surface area (Å²) in [6.45, 7) is 5.20. The first-order valence-electron chi connectivity index (χ1n) is 6.99.